The van der Waals surface area contributed by atoms with Gasteiger partial charge in [0, 0.05) is 0 Å². The fraction of sp³-hybridized carbons (Fsp3) is 0.308. The van der Waals surface area contributed by atoms with Crippen LogP contribution in [0.2, 0.25) is 0 Å². The number of carbonyl (C=O) groups is 1. The summed E-state index contributed by atoms with van der Waals surface area (Å²) >= 11 is 0. The third-order valence-electron chi connectivity index (χ3n) is 2.70. The Morgan fingerprint density at radius 2 is 2.00 bits per heavy atom. The minimum Gasteiger partial charge on any atom is -0.476 e. The Kier molecular flexibility index (Phi) is 3.41. The Hall–Kier alpha value is -2.17. The molecule has 0 aliphatic heterocycles. The molecule has 0 spiro atoms. The van der Waals surface area contributed by atoms with E-state index in [0.717, 1.165) is 5.56 Å². The van der Waals surface area contributed by atoms with Crippen molar-refractivity contribution < 1.29 is 9.90 Å². The number of rotatable bonds is 4. The van der Waals surface area contributed by atoms with Crippen LogP contribution in [-0.4, -0.2) is 26.1 Å². The van der Waals surface area contributed by atoms with E-state index in [-0.39, 0.29) is 11.6 Å². The van der Waals surface area contributed by atoms with E-state index in [1.807, 2.05) is 44.2 Å². The van der Waals surface area contributed by atoms with E-state index in [9.17, 15) is 4.79 Å². The highest BCUT2D eigenvalue weighted by Crippen LogP contribution is 2.18. The highest BCUT2D eigenvalue weighted by Gasteiger charge is 2.21. The van der Waals surface area contributed by atoms with Gasteiger partial charge in [-0.3, -0.25) is 0 Å². The summed E-state index contributed by atoms with van der Waals surface area (Å²) in [7, 11) is 0. The number of carboxylic acid groups (broad SMARTS) is 1. The normalized spacial score (nSPS) is 10.8. The van der Waals surface area contributed by atoms with Gasteiger partial charge in [-0.05, 0) is 11.5 Å². The van der Waals surface area contributed by atoms with Gasteiger partial charge in [-0.15, -0.1) is 5.10 Å². The SMILES string of the molecule is CC(C)c1c(C(=O)O)nnn1Cc1ccccc1. The van der Waals surface area contributed by atoms with E-state index in [1.54, 1.807) is 4.68 Å². The minimum absolute atomic E-state index is 0.0425. The van der Waals surface area contributed by atoms with Crippen LogP contribution in [0.5, 0.6) is 0 Å². The molecule has 5 nitrogen and oxygen atoms in total. The maximum atomic E-state index is 11.1. The van der Waals surface area contributed by atoms with Gasteiger partial charge < -0.3 is 5.11 Å². The Morgan fingerprint density at radius 3 is 2.56 bits per heavy atom. The average molecular weight is 245 g/mol. The summed E-state index contributed by atoms with van der Waals surface area (Å²) in [5, 5.41) is 16.8. The minimum atomic E-state index is -1.03. The molecule has 2 aromatic rings. The number of aromatic nitrogens is 3. The predicted molar refractivity (Wildman–Crippen MR) is 66.6 cm³/mol. The van der Waals surface area contributed by atoms with Crippen LogP contribution in [0.3, 0.4) is 0 Å². The summed E-state index contributed by atoms with van der Waals surface area (Å²) in [4.78, 5) is 11.1. The van der Waals surface area contributed by atoms with Gasteiger partial charge in [0.15, 0.2) is 5.69 Å². The molecule has 0 amide bonds. The second-order valence-corrected chi connectivity index (χ2v) is 4.43. The molecule has 1 aromatic heterocycles. The molecule has 0 bridgehead atoms. The van der Waals surface area contributed by atoms with Crippen LogP contribution in [-0.2, 0) is 6.54 Å². The van der Waals surface area contributed by atoms with Gasteiger partial charge in [0.1, 0.15) is 0 Å². The van der Waals surface area contributed by atoms with E-state index in [1.165, 1.54) is 0 Å². The lowest BCUT2D eigenvalue weighted by Gasteiger charge is -2.09. The summed E-state index contributed by atoms with van der Waals surface area (Å²) in [6.45, 7) is 4.41. The molecule has 0 saturated heterocycles. The maximum Gasteiger partial charge on any atom is 0.358 e. The number of aromatic carboxylic acids is 1. The molecular weight excluding hydrogens is 230 g/mol. The fourth-order valence-corrected chi connectivity index (χ4v) is 1.92. The largest absolute Gasteiger partial charge is 0.476 e. The summed E-state index contributed by atoms with van der Waals surface area (Å²) in [6.07, 6.45) is 0. The zero-order valence-electron chi connectivity index (χ0n) is 10.4. The molecule has 0 aliphatic carbocycles. The van der Waals surface area contributed by atoms with Gasteiger partial charge in [0.2, 0.25) is 0 Å². The topological polar surface area (TPSA) is 68.0 Å². The quantitative estimate of drug-likeness (QED) is 0.896. The lowest BCUT2D eigenvalue weighted by Crippen LogP contribution is -2.10. The van der Waals surface area contributed by atoms with Crippen LogP contribution in [0.15, 0.2) is 30.3 Å². The van der Waals surface area contributed by atoms with Gasteiger partial charge >= 0.3 is 5.97 Å². The van der Waals surface area contributed by atoms with E-state index >= 15 is 0 Å². The molecule has 0 aliphatic rings. The first-order valence-corrected chi connectivity index (χ1v) is 5.80. The molecule has 1 aromatic carbocycles. The van der Waals surface area contributed by atoms with E-state index in [4.69, 9.17) is 5.11 Å². The van der Waals surface area contributed by atoms with Gasteiger partial charge in [0.25, 0.3) is 0 Å². The average Bonchev–Trinajstić information content (AvgIpc) is 2.74. The standard InChI is InChI=1S/C13H15N3O2/c1-9(2)12-11(13(17)18)14-15-16(12)8-10-6-4-3-5-7-10/h3-7,9H,8H2,1-2H3,(H,17,18). The first-order valence-electron chi connectivity index (χ1n) is 5.80. The molecule has 5 heteroatoms. The van der Waals surface area contributed by atoms with Gasteiger partial charge in [-0.1, -0.05) is 49.4 Å². The van der Waals surface area contributed by atoms with Crippen molar-refractivity contribution in [2.75, 3.05) is 0 Å². The number of carboxylic acids is 1. The van der Waals surface area contributed by atoms with Crippen molar-refractivity contribution in [1.29, 1.82) is 0 Å². The van der Waals surface area contributed by atoms with Crippen LogP contribution >= 0.6 is 0 Å². The molecule has 2 rings (SSSR count). The van der Waals surface area contributed by atoms with E-state index in [2.05, 4.69) is 10.3 Å². The molecule has 1 N–H and O–H groups in total. The highest BCUT2D eigenvalue weighted by atomic mass is 16.4. The molecular formula is C13H15N3O2. The van der Waals surface area contributed by atoms with Crippen molar-refractivity contribution in [2.45, 2.75) is 26.3 Å². The summed E-state index contributed by atoms with van der Waals surface area (Å²) in [5.41, 5.74) is 1.77. The molecule has 94 valence electrons. The number of nitrogens with zero attached hydrogens (tertiary/aromatic N) is 3. The Morgan fingerprint density at radius 1 is 1.33 bits per heavy atom. The Bertz CT molecular complexity index is 547. The fourth-order valence-electron chi connectivity index (χ4n) is 1.92. The highest BCUT2D eigenvalue weighted by molar-refractivity contribution is 5.86. The third kappa shape index (κ3) is 2.40. The first kappa shape index (κ1) is 12.3. The first-order chi connectivity index (χ1) is 8.59. The molecule has 0 radical (unpaired) electrons. The van der Waals surface area contributed by atoms with Crippen molar-refractivity contribution in [3.63, 3.8) is 0 Å². The second kappa shape index (κ2) is 5.00. The Balaban J connectivity index is 2.37. The van der Waals surface area contributed by atoms with Crippen LogP contribution < -0.4 is 0 Å². The molecule has 0 atom stereocenters. The van der Waals surface area contributed by atoms with Crippen molar-refractivity contribution in [3.05, 3.63) is 47.3 Å². The summed E-state index contributed by atoms with van der Waals surface area (Å²) in [6, 6.07) is 9.79. The molecule has 0 fully saturated rings. The lowest BCUT2D eigenvalue weighted by molar-refractivity contribution is 0.0688. The second-order valence-electron chi connectivity index (χ2n) is 4.43. The van der Waals surface area contributed by atoms with Gasteiger partial charge in [-0.25, -0.2) is 9.48 Å². The van der Waals surface area contributed by atoms with Crippen LogP contribution in [0.25, 0.3) is 0 Å². The monoisotopic (exact) mass is 245 g/mol. The van der Waals surface area contributed by atoms with Crippen LogP contribution in [0.1, 0.15) is 41.5 Å². The summed E-state index contributed by atoms with van der Waals surface area (Å²) in [5.74, 6) is -0.965. The zero-order valence-corrected chi connectivity index (χ0v) is 10.4. The summed E-state index contributed by atoms with van der Waals surface area (Å²) < 4.78 is 1.66. The van der Waals surface area contributed by atoms with Crippen LogP contribution in [0, 0.1) is 0 Å². The molecule has 1 heterocycles. The molecule has 0 unspecified atom stereocenters. The molecule has 0 saturated carbocycles. The molecule has 18 heavy (non-hydrogen) atoms. The number of hydrogen-bond donors (Lipinski definition) is 1. The predicted octanol–water partition coefficient (Wildman–Crippen LogP) is 2.15. The third-order valence-corrected chi connectivity index (χ3v) is 2.70. The van der Waals surface area contributed by atoms with Gasteiger partial charge in [-0.2, -0.15) is 0 Å². The van der Waals surface area contributed by atoms with Crippen molar-refractivity contribution >= 4 is 5.97 Å². The smallest absolute Gasteiger partial charge is 0.358 e. The lowest BCUT2D eigenvalue weighted by atomic mass is 10.1. The maximum absolute atomic E-state index is 11.1. The van der Waals surface area contributed by atoms with E-state index < -0.39 is 5.97 Å². The number of hydrogen-bond acceptors (Lipinski definition) is 3. The Labute approximate surface area is 105 Å². The van der Waals surface area contributed by atoms with Crippen molar-refractivity contribution in [2.24, 2.45) is 0 Å². The van der Waals surface area contributed by atoms with Crippen LogP contribution in [0.4, 0.5) is 0 Å². The van der Waals surface area contributed by atoms with Gasteiger partial charge in [0.05, 0.1) is 12.2 Å². The number of benzene rings is 1. The van der Waals surface area contributed by atoms with E-state index in [0.29, 0.717) is 12.2 Å². The van der Waals surface area contributed by atoms with Crippen molar-refractivity contribution in [3.8, 4) is 0 Å². The zero-order chi connectivity index (χ0) is 13.1. The van der Waals surface area contributed by atoms with Crippen molar-refractivity contribution in [1.82, 2.24) is 15.0 Å².